The molecule has 2 rings (SSSR count). The second-order valence-electron chi connectivity index (χ2n) is 6.19. The number of urea groups is 1. The summed E-state index contributed by atoms with van der Waals surface area (Å²) < 4.78 is 13.5. The second kappa shape index (κ2) is 5.98. The molecule has 1 aromatic rings. The number of anilines is 1. The fraction of sp³-hybridized carbons (Fsp3) is 0.438. The Morgan fingerprint density at radius 3 is 2.57 bits per heavy atom. The van der Waals surface area contributed by atoms with Crippen LogP contribution in [0.2, 0.25) is 0 Å². The summed E-state index contributed by atoms with van der Waals surface area (Å²) in [6, 6.07) is 3.68. The number of rotatable bonds is 4. The number of halogens is 1. The Kier molecular flexibility index (Phi) is 4.40. The molecule has 0 spiro atoms. The van der Waals surface area contributed by atoms with Crippen LogP contribution >= 0.6 is 0 Å². The molecule has 0 bridgehead atoms. The fourth-order valence-electron chi connectivity index (χ4n) is 2.27. The van der Waals surface area contributed by atoms with Crippen LogP contribution in [0.15, 0.2) is 18.2 Å². The first-order valence-corrected chi connectivity index (χ1v) is 7.35. The number of amides is 4. The van der Waals surface area contributed by atoms with Crippen LogP contribution in [0.3, 0.4) is 0 Å². The van der Waals surface area contributed by atoms with Gasteiger partial charge in [-0.1, -0.05) is 19.9 Å². The van der Waals surface area contributed by atoms with Gasteiger partial charge in [-0.05, 0) is 37.5 Å². The summed E-state index contributed by atoms with van der Waals surface area (Å²) >= 11 is 0. The van der Waals surface area contributed by atoms with Crippen LogP contribution in [0.1, 0.15) is 26.3 Å². The molecule has 1 aliphatic rings. The molecule has 0 saturated carbocycles. The molecule has 1 fully saturated rings. The van der Waals surface area contributed by atoms with Gasteiger partial charge in [0, 0.05) is 5.69 Å². The van der Waals surface area contributed by atoms with Crippen molar-refractivity contribution in [1.29, 1.82) is 0 Å². The van der Waals surface area contributed by atoms with Gasteiger partial charge in [0.05, 0.1) is 0 Å². The van der Waals surface area contributed by atoms with Crippen molar-refractivity contribution in [3.05, 3.63) is 29.6 Å². The molecule has 4 amide bonds. The van der Waals surface area contributed by atoms with Gasteiger partial charge in [-0.15, -0.1) is 0 Å². The Labute approximate surface area is 134 Å². The molecule has 6 nitrogen and oxygen atoms in total. The van der Waals surface area contributed by atoms with Crippen molar-refractivity contribution in [2.75, 3.05) is 11.9 Å². The highest BCUT2D eigenvalue weighted by atomic mass is 19.1. The van der Waals surface area contributed by atoms with Crippen LogP contribution < -0.4 is 10.6 Å². The van der Waals surface area contributed by atoms with E-state index < -0.39 is 35.7 Å². The number of hydrogen-bond acceptors (Lipinski definition) is 3. The lowest BCUT2D eigenvalue weighted by molar-refractivity contribution is -0.134. The van der Waals surface area contributed by atoms with Crippen molar-refractivity contribution >= 4 is 23.5 Å². The lowest BCUT2D eigenvalue weighted by atomic mass is 9.88. The zero-order valence-corrected chi connectivity index (χ0v) is 13.6. The van der Waals surface area contributed by atoms with Gasteiger partial charge in [0.1, 0.15) is 17.9 Å². The predicted molar refractivity (Wildman–Crippen MR) is 83.3 cm³/mol. The molecule has 1 unspecified atom stereocenters. The molecule has 0 aromatic heterocycles. The van der Waals surface area contributed by atoms with E-state index >= 15 is 0 Å². The van der Waals surface area contributed by atoms with Crippen LogP contribution in [-0.2, 0) is 9.59 Å². The fourth-order valence-corrected chi connectivity index (χ4v) is 2.27. The summed E-state index contributed by atoms with van der Waals surface area (Å²) in [6.45, 7) is 6.46. The third-order valence-electron chi connectivity index (χ3n) is 4.21. The number of hydrogen-bond donors (Lipinski definition) is 2. The topological polar surface area (TPSA) is 78.5 Å². The number of carbonyl (C=O) groups is 3. The smallest absolute Gasteiger partial charge is 0.324 e. The van der Waals surface area contributed by atoms with Gasteiger partial charge in [0.2, 0.25) is 5.91 Å². The monoisotopic (exact) mass is 321 g/mol. The largest absolute Gasteiger partial charge is 0.325 e. The molecule has 1 saturated heterocycles. The number of benzene rings is 1. The van der Waals surface area contributed by atoms with Gasteiger partial charge in [-0.3, -0.25) is 14.5 Å². The molecule has 1 aliphatic heterocycles. The Morgan fingerprint density at radius 2 is 2.04 bits per heavy atom. The summed E-state index contributed by atoms with van der Waals surface area (Å²) in [4.78, 5) is 37.2. The minimum Gasteiger partial charge on any atom is -0.324 e. The van der Waals surface area contributed by atoms with Crippen molar-refractivity contribution in [3.8, 4) is 0 Å². The van der Waals surface area contributed by atoms with Crippen LogP contribution in [0.4, 0.5) is 14.9 Å². The van der Waals surface area contributed by atoms with E-state index in [9.17, 15) is 18.8 Å². The van der Waals surface area contributed by atoms with Gasteiger partial charge in [0.15, 0.2) is 0 Å². The van der Waals surface area contributed by atoms with Gasteiger partial charge >= 0.3 is 6.03 Å². The third-order valence-corrected chi connectivity index (χ3v) is 4.21. The van der Waals surface area contributed by atoms with Crippen molar-refractivity contribution in [1.82, 2.24) is 10.2 Å². The van der Waals surface area contributed by atoms with Crippen molar-refractivity contribution < 1.29 is 18.8 Å². The zero-order chi connectivity index (χ0) is 17.4. The zero-order valence-electron chi connectivity index (χ0n) is 13.6. The van der Waals surface area contributed by atoms with Crippen LogP contribution in [0.25, 0.3) is 0 Å². The standard InChI is InChI=1S/C16H20FN3O3/c1-9(2)16(4)14(22)20(15(23)19-16)8-13(21)18-11-6-5-10(3)12(17)7-11/h5-7,9H,8H2,1-4H3,(H,18,21)(H,19,23). The molecule has 1 aromatic carbocycles. The lowest BCUT2D eigenvalue weighted by Crippen LogP contribution is -2.48. The Morgan fingerprint density at radius 1 is 1.39 bits per heavy atom. The molecule has 1 atom stereocenters. The van der Waals surface area contributed by atoms with Crippen molar-refractivity contribution in [2.45, 2.75) is 33.2 Å². The minimum atomic E-state index is -1.02. The number of nitrogens with zero attached hydrogens (tertiary/aromatic N) is 1. The molecule has 2 N–H and O–H groups in total. The maximum absolute atomic E-state index is 13.5. The lowest BCUT2D eigenvalue weighted by Gasteiger charge is -2.25. The molecule has 7 heteroatoms. The minimum absolute atomic E-state index is 0.113. The average molecular weight is 321 g/mol. The predicted octanol–water partition coefficient (Wildman–Crippen LogP) is 2.04. The number of nitrogens with one attached hydrogen (secondary N) is 2. The Bertz CT molecular complexity index is 675. The molecule has 0 radical (unpaired) electrons. The van der Waals surface area contributed by atoms with E-state index in [1.54, 1.807) is 19.9 Å². The van der Waals surface area contributed by atoms with E-state index in [1.807, 2.05) is 13.8 Å². The maximum Gasteiger partial charge on any atom is 0.325 e. The maximum atomic E-state index is 13.5. The normalized spacial score (nSPS) is 20.9. The molecule has 0 aliphatic carbocycles. The van der Waals surface area contributed by atoms with Gasteiger partial charge in [-0.2, -0.15) is 0 Å². The summed E-state index contributed by atoms with van der Waals surface area (Å²) in [6.07, 6.45) is 0. The highest BCUT2D eigenvalue weighted by Crippen LogP contribution is 2.25. The SMILES string of the molecule is Cc1ccc(NC(=O)CN2C(=O)NC(C)(C(C)C)C2=O)cc1F. The van der Waals surface area contributed by atoms with E-state index in [0.717, 1.165) is 4.90 Å². The van der Waals surface area contributed by atoms with E-state index in [0.29, 0.717) is 5.56 Å². The van der Waals surface area contributed by atoms with Crippen LogP contribution in [0.5, 0.6) is 0 Å². The third kappa shape index (κ3) is 3.18. The average Bonchev–Trinajstić information content (AvgIpc) is 2.67. The second-order valence-corrected chi connectivity index (χ2v) is 6.19. The molecular weight excluding hydrogens is 301 g/mol. The van der Waals surface area contributed by atoms with Crippen LogP contribution in [-0.4, -0.2) is 34.8 Å². The highest BCUT2D eigenvalue weighted by molar-refractivity contribution is 6.10. The molecular formula is C16H20FN3O3. The van der Waals surface area contributed by atoms with E-state index in [4.69, 9.17) is 0 Å². The van der Waals surface area contributed by atoms with Crippen LogP contribution in [0, 0.1) is 18.7 Å². The highest BCUT2D eigenvalue weighted by Gasteiger charge is 2.50. The van der Waals surface area contributed by atoms with Crippen molar-refractivity contribution in [2.24, 2.45) is 5.92 Å². The van der Waals surface area contributed by atoms with Gasteiger partial charge in [0.25, 0.3) is 5.91 Å². The molecule has 1 heterocycles. The summed E-state index contributed by atoms with van der Waals surface area (Å²) in [5.74, 6) is -1.56. The molecule has 23 heavy (non-hydrogen) atoms. The Balaban J connectivity index is 2.07. The first-order valence-electron chi connectivity index (χ1n) is 7.35. The van der Waals surface area contributed by atoms with E-state index in [2.05, 4.69) is 10.6 Å². The number of imide groups is 1. The first kappa shape index (κ1) is 16.9. The van der Waals surface area contributed by atoms with Gasteiger partial charge < -0.3 is 10.6 Å². The molecule has 124 valence electrons. The number of carbonyl (C=O) groups excluding carboxylic acids is 3. The Hall–Kier alpha value is -2.44. The summed E-state index contributed by atoms with van der Waals surface area (Å²) in [7, 11) is 0. The summed E-state index contributed by atoms with van der Waals surface area (Å²) in [5, 5.41) is 5.09. The quantitative estimate of drug-likeness (QED) is 0.833. The van der Waals surface area contributed by atoms with Gasteiger partial charge in [-0.25, -0.2) is 9.18 Å². The number of aryl methyl sites for hydroxylation is 1. The first-order chi connectivity index (χ1) is 10.6. The summed E-state index contributed by atoms with van der Waals surface area (Å²) in [5.41, 5.74) is -0.283. The van der Waals surface area contributed by atoms with E-state index in [1.165, 1.54) is 12.1 Å². The van der Waals surface area contributed by atoms with E-state index in [-0.39, 0.29) is 11.6 Å². The van der Waals surface area contributed by atoms with Crippen molar-refractivity contribution in [3.63, 3.8) is 0 Å².